The molecule has 1 aliphatic heterocycles. The van der Waals surface area contributed by atoms with Gasteiger partial charge in [-0.2, -0.15) is 5.26 Å². The van der Waals surface area contributed by atoms with Crippen molar-refractivity contribution in [1.82, 2.24) is 14.2 Å². The monoisotopic (exact) mass is 500 g/mol. The van der Waals surface area contributed by atoms with Crippen LogP contribution in [-0.2, 0) is 16.4 Å². The number of halogens is 1. The number of nitrogens with one attached hydrogen (secondary N) is 1. The SMILES string of the molecule is CCCOc1c(Cl)cc(-n2ccc3cc(CCN4CC(C)(NS(C)(=O)=O)C4)ccc32)cc1C#N. The van der Waals surface area contributed by atoms with E-state index in [9.17, 15) is 13.7 Å². The van der Waals surface area contributed by atoms with E-state index in [4.69, 9.17) is 16.3 Å². The van der Waals surface area contributed by atoms with E-state index >= 15 is 0 Å². The van der Waals surface area contributed by atoms with Crippen LogP contribution in [0.1, 0.15) is 31.4 Å². The molecule has 1 aromatic heterocycles. The summed E-state index contributed by atoms with van der Waals surface area (Å²) in [5.74, 6) is 0.433. The Kier molecular flexibility index (Phi) is 6.92. The Morgan fingerprint density at radius 3 is 2.68 bits per heavy atom. The van der Waals surface area contributed by atoms with Crippen LogP contribution >= 0.6 is 11.6 Å². The zero-order chi connectivity index (χ0) is 24.5. The second-order valence-electron chi connectivity index (χ2n) is 9.24. The van der Waals surface area contributed by atoms with Gasteiger partial charge in [0.05, 0.1) is 34.5 Å². The number of rotatable bonds is 9. The number of aromatic nitrogens is 1. The van der Waals surface area contributed by atoms with Crippen LogP contribution in [0.2, 0.25) is 5.02 Å². The van der Waals surface area contributed by atoms with E-state index in [2.05, 4.69) is 40.0 Å². The molecule has 0 spiro atoms. The summed E-state index contributed by atoms with van der Waals surface area (Å²) in [6, 6.07) is 14.2. The number of nitrogens with zero attached hydrogens (tertiary/aromatic N) is 3. The number of ether oxygens (including phenoxy) is 1. The lowest BCUT2D eigenvalue weighted by Gasteiger charge is -2.48. The van der Waals surface area contributed by atoms with Gasteiger partial charge in [-0.15, -0.1) is 0 Å². The predicted molar refractivity (Wildman–Crippen MR) is 135 cm³/mol. The lowest BCUT2D eigenvalue weighted by atomic mass is 9.93. The minimum atomic E-state index is -3.20. The van der Waals surface area contributed by atoms with Gasteiger partial charge in [0.2, 0.25) is 10.0 Å². The highest BCUT2D eigenvalue weighted by Gasteiger charge is 2.40. The van der Waals surface area contributed by atoms with Gasteiger partial charge in [-0.05, 0) is 55.7 Å². The lowest BCUT2D eigenvalue weighted by molar-refractivity contribution is 0.0732. The molecule has 0 bridgehead atoms. The van der Waals surface area contributed by atoms with Crippen LogP contribution in [-0.4, -0.2) is 55.9 Å². The molecule has 34 heavy (non-hydrogen) atoms. The minimum absolute atomic E-state index is 0.380. The second kappa shape index (κ2) is 9.59. The minimum Gasteiger partial charge on any atom is -0.491 e. The molecule has 3 aromatic rings. The van der Waals surface area contributed by atoms with E-state index < -0.39 is 10.0 Å². The highest BCUT2D eigenvalue weighted by atomic mass is 35.5. The van der Waals surface area contributed by atoms with Crippen molar-refractivity contribution in [1.29, 1.82) is 5.26 Å². The van der Waals surface area contributed by atoms with Gasteiger partial charge in [0.25, 0.3) is 0 Å². The quantitative estimate of drug-likeness (QED) is 0.477. The van der Waals surface area contributed by atoms with Crippen LogP contribution in [0.15, 0.2) is 42.6 Å². The molecule has 180 valence electrons. The number of sulfonamides is 1. The number of nitriles is 1. The van der Waals surface area contributed by atoms with Crippen LogP contribution in [0, 0.1) is 11.3 Å². The van der Waals surface area contributed by atoms with Gasteiger partial charge in [-0.1, -0.05) is 24.6 Å². The van der Waals surface area contributed by atoms with Crippen LogP contribution in [0.4, 0.5) is 0 Å². The second-order valence-corrected chi connectivity index (χ2v) is 11.4. The number of hydrogen-bond acceptors (Lipinski definition) is 5. The molecule has 7 nitrogen and oxygen atoms in total. The number of likely N-dealkylation sites (tertiary alicyclic amines) is 1. The lowest BCUT2D eigenvalue weighted by Crippen LogP contribution is -2.68. The summed E-state index contributed by atoms with van der Waals surface area (Å²) in [4.78, 5) is 2.25. The van der Waals surface area contributed by atoms with Crippen molar-refractivity contribution in [2.75, 3.05) is 32.5 Å². The van der Waals surface area contributed by atoms with E-state index in [0.29, 0.717) is 36.0 Å². The molecule has 1 N–H and O–H groups in total. The van der Waals surface area contributed by atoms with Gasteiger partial charge < -0.3 is 9.30 Å². The van der Waals surface area contributed by atoms with Crippen molar-refractivity contribution < 1.29 is 13.2 Å². The van der Waals surface area contributed by atoms with Crippen molar-refractivity contribution in [2.45, 2.75) is 32.2 Å². The van der Waals surface area contributed by atoms with Crippen molar-refractivity contribution in [3.8, 4) is 17.5 Å². The molecule has 0 saturated carbocycles. The smallest absolute Gasteiger partial charge is 0.209 e. The third kappa shape index (κ3) is 5.39. The van der Waals surface area contributed by atoms with E-state index in [1.165, 1.54) is 11.8 Å². The molecule has 2 aromatic carbocycles. The van der Waals surface area contributed by atoms with Crippen LogP contribution < -0.4 is 9.46 Å². The van der Waals surface area contributed by atoms with Gasteiger partial charge in [0.15, 0.2) is 5.75 Å². The molecule has 1 fully saturated rings. The summed E-state index contributed by atoms with van der Waals surface area (Å²) in [6.45, 7) is 6.73. The summed E-state index contributed by atoms with van der Waals surface area (Å²) in [5.41, 5.74) is 3.09. The van der Waals surface area contributed by atoms with Gasteiger partial charge in [0.1, 0.15) is 6.07 Å². The molecule has 1 aliphatic rings. The fraction of sp³-hybridized carbons (Fsp3) is 0.400. The zero-order valence-electron chi connectivity index (χ0n) is 19.6. The maximum absolute atomic E-state index is 11.5. The summed E-state index contributed by atoms with van der Waals surface area (Å²) >= 11 is 6.46. The fourth-order valence-electron chi connectivity index (χ4n) is 4.62. The molecule has 0 aliphatic carbocycles. The Morgan fingerprint density at radius 2 is 2.00 bits per heavy atom. The highest BCUT2D eigenvalue weighted by molar-refractivity contribution is 7.88. The predicted octanol–water partition coefficient (Wildman–Crippen LogP) is 4.11. The molecule has 0 radical (unpaired) electrons. The Bertz CT molecular complexity index is 1350. The van der Waals surface area contributed by atoms with E-state index in [-0.39, 0.29) is 5.54 Å². The maximum atomic E-state index is 11.5. The molecule has 0 unspecified atom stereocenters. The average Bonchev–Trinajstić information content (AvgIpc) is 3.17. The Hall–Kier alpha value is -2.57. The Morgan fingerprint density at radius 1 is 1.24 bits per heavy atom. The van der Waals surface area contributed by atoms with Gasteiger partial charge in [-0.3, -0.25) is 4.90 Å². The normalized spacial score (nSPS) is 15.7. The van der Waals surface area contributed by atoms with Crippen molar-refractivity contribution in [3.05, 3.63) is 58.7 Å². The van der Waals surface area contributed by atoms with Crippen molar-refractivity contribution in [3.63, 3.8) is 0 Å². The Balaban J connectivity index is 1.47. The largest absolute Gasteiger partial charge is 0.491 e. The molecule has 0 atom stereocenters. The van der Waals surface area contributed by atoms with E-state index in [1.54, 1.807) is 6.07 Å². The molecule has 2 heterocycles. The van der Waals surface area contributed by atoms with Crippen LogP contribution in [0.25, 0.3) is 16.6 Å². The topological polar surface area (TPSA) is 87.4 Å². The molecule has 0 amide bonds. The first-order valence-electron chi connectivity index (χ1n) is 11.3. The first kappa shape index (κ1) is 24.6. The summed E-state index contributed by atoms with van der Waals surface area (Å²) < 4.78 is 33.4. The maximum Gasteiger partial charge on any atom is 0.209 e. The standard InChI is InChI=1S/C25H29ClN4O3S/c1-4-11-33-24-20(15-27)13-21(14-22(24)26)30-10-8-19-12-18(5-6-23(19)30)7-9-29-16-25(2,17-29)28-34(3,31)32/h5-6,8,10,12-14,28H,4,7,9,11,16-17H2,1-3H3. The number of hydrogen-bond donors (Lipinski definition) is 1. The summed E-state index contributed by atoms with van der Waals surface area (Å²) in [7, 11) is -3.20. The van der Waals surface area contributed by atoms with Crippen LogP contribution in [0.5, 0.6) is 5.75 Å². The Labute approximate surface area is 205 Å². The van der Waals surface area contributed by atoms with Gasteiger partial charge >= 0.3 is 0 Å². The summed E-state index contributed by atoms with van der Waals surface area (Å²) in [5, 5.41) is 11.1. The highest BCUT2D eigenvalue weighted by Crippen LogP contribution is 2.33. The van der Waals surface area contributed by atoms with Crippen LogP contribution in [0.3, 0.4) is 0 Å². The van der Waals surface area contributed by atoms with Crippen molar-refractivity contribution in [2.24, 2.45) is 0 Å². The molecular weight excluding hydrogens is 472 g/mol. The fourth-order valence-corrected chi connectivity index (χ4v) is 5.92. The molecule has 1 saturated heterocycles. The average molecular weight is 501 g/mol. The third-order valence-corrected chi connectivity index (χ3v) is 7.07. The molecular formula is C25H29ClN4O3S. The number of fused-ring (bicyclic) bond motifs is 1. The third-order valence-electron chi connectivity index (χ3n) is 5.93. The summed E-state index contributed by atoms with van der Waals surface area (Å²) in [6.07, 6.45) is 4.89. The first-order chi connectivity index (χ1) is 16.1. The van der Waals surface area contributed by atoms with E-state index in [1.807, 2.05) is 30.7 Å². The zero-order valence-corrected chi connectivity index (χ0v) is 21.2. The molecule has 9 heteroatoms. The van der Waals surface area contributed by atoms with E-state index in [0.717, 1.165) is 36.0 Å². The van der Waals surface area contributed by atoms with Crippen molar-refractivity contribution >= 4 is 32.5 Å². The first-order valence-corrected chi connectivity index (χ1v) is 13.6. The molecule has 4 rings (SSSR count). The number of benzene rings is 2. The van der Waals surface area contributed by atoms with Gasteiger partial charge in [0, 0.05) is 36.9 Å². The van der Waals surface area contributed by atoms with Gasteiger partial charge in [-0.25, -0.2) is 13.1 Å².